The van der Waals surface area contributed by atoms with Gasteiger partial charge in [0.05, 0.1) is 0 Å². The number of fused-ring (bicyclic) bond motifs is 1. The van der Waals surface area contributed by atoms with Gasteiger partial charge >= 0.3 is 0 Å². The van der Waals surface area contributed by atoms with Crippen LogP contribution in [0.2, 0.25) is 0 Å². The van der Waals surface area contributed by atoms with Gasteiger partial charge in [-0.2, -0.15) is 0 Å². The van der Waals surface area contributed by atoms with E-state index in [1.54, 1.807) is 4.68 Å². The molecule has 0 atom stereocenters. The second kappa shape index (κ2) is 2.96. The van der Waals surface area contributed by atoms with Gasteiger partial charge in [0.25, 0.3) is 0 Å². The largest absolute Gasteiger partial charge is 0.382 e. The van der Waals surface area contributed by atoms with E-state index in [1.165, 1.54) is 6.33 Å². The highest BCUT2D eigenvalue weighted by Crippen LogP contribution is 2.11. The summed E-state index contributed by atoms with van der Waals surface area (Å²) in [6.07, 6.45) is 2.41. The summed E-state index contributed by atoms with van der Waals surface area (Å²) in [6, 6.07) is 0. The van der Waals surface area contributed by atoms with Crippen molar-refractivity contribution in [1.82, 2.24) is 25.0 Å². The summed E-state index contributed by atoms with van der Waals surface area (Å²) in [7, 11) is 0. The van der Waals surface area contributed by atoms with Crippen molar-refractivity contribution in [2.45, 2.75) is 19.9 Å². The fourth-order valence-corrected chi connectivity index (χ4v) is 1.17. The molecule has 0 saturated carbocycles. The van der Waals surface area contributed by atoms with Crippen molar-refractivity contribution in [3.05, 3.63) is 6.33 Å². The van der Waals surface area contributed by atoms with Crippen molar-refractivity contribution < 1.29 is 0 Å². The van der Waals surface area contributed by atoms with Gasteiger partial charge in [0.15, 0.2) is 17.0 Å². The van der Waals surface area contributed by atoms with E-state index in [0.29, 0.717) is 17.0 Å². The lowest BCUT2D eigenvalue weighted by Gasteiger charge is -1.96. The number of nitrogens with two attached hydrogens (primary N) is 1. The molecule has 0 aliphatic heterocycles. The standard InChI is InChI=1S/C7H10N6/c1-2-3-13-7-5(11-12-13)6(8)9-4-10-7/h4H,2-3H2,1H3,(H2,8,9,10). The zero-order valence-electron chi connectivity index (χ0n) is 7.30. The van der Waals surface area contributed by atoms with Gasteiger partial charge in [0.1, 0.15) is 6.33 Å². The van der Waals surface area contributed by atoms with E-state index in [-0.39, 0.29) is 0 Å². The monoisotopic (exact) mass is 178 g/mol. The lowest BCUT2D eigenvalue weighted by molar-refractivity contribution is 0.591. The van der Waals surface area contributed by atoms with Crippen molar-refractivity contribution in [2.75, 3.05) is 5.73 Å². The Kier molecular flexibility index (Phi) is 1.80. The topological polar surface area (TPSA) is 82.5 Å². The van der Waals surface area contributed by atoms with Crippen molar-refractivity contribution in [1.29, 1.82) is 0 Å². The molecule has 0 aromatic carbocycles. The Morgan fingerprint density at radius 2 is 2.31 bits per heavy atom. The third-order valence-electron chi connectivity index (χ3n) is 1.76. The molecule has 0 spiro atoms. The normalized spacial score (nSPS) is 10.8. The molecule has 6 heteroatoms. The maximum atomic E-state index is 5.60. The Balaban J connectivity index is 2.61. The molecular formula is C7H10N6. The minimum absolute atomic E-state index is 0.382. The maximum Gasteiger partial charge on any atom is 0.183 e. The molecule has 13 heavy (non-hydrogen) atoms. The predicted octanol–water partition coefficient (Wildman–Crippen LogP) is 0.213. The molecule has 2 heterocycles. The fourth-order valence-electron chi connectivity index (χ4n) is 1.17. The minimum atomic E-state index is 0.382. The minimum Gasteiger partial charge on any atom is -0.382 e. The van der Waals surface area contributed by atoms with Crippen LogP contribution in [0.25, 0.3) is 11.2 Å². The van der Waals surface area contributed by atoms with Crippen LogP contribution in [0.15, 0.2) is 6.33 Å². The van der Waals surface area contributed by atoms with Crippen LogP contribution in [0, 0.1) is 0 Å². The third-order valence-corrected chi connectivity index (χ3v) is 1.76. The predicted molar refractivity (Wildman–Crippen MR) is 47.8 cm³/mol. The van der Waals surface area contributed by atoms with E-state index in [9.17, 15) is 0 Å². The smallest absolute Gasteiger partial charge is 0.183 e. The molecular weight excluding hydrogens is 168 g/mol. The first-order valence-electron chi connectivity index (χ1n) is 4.12. The van der Waals surface area contributed by atoms with Gasteiger partial charge in [-0.05, 0) is 6.42 Å². The molecule has 0 amide bonds. The van der Waals surface area contributed by atoms with Crippen LogP contribution >= 0.6 is 0 Å². The Morgan fingerprint density at radius 3 is 3.08 bits per heavy atom. The first kappa shape index (κ1) is 7.90. The highest BCUT2D eigenvalue weighted by atomic mass is 15.4. The second-order valence-corrected chi connectivity index (χ2v) is 2.74. The zero-order chi connectivity index (χ0) is 9.26. The van der Waals surface area contributed by atoms with Crippen LogP contribution < -0.4 is 5.73 Å². The maximum absolute atomic E-state index is 5.60. The summed E-state index contributed by atoms with van der Waals surface area (Å²) in [5.41, 5.74) is 6.88. The van der Waals surface area contributed by atoms with E-state index in [4.69, 9.17) is 5.73 Å². The van der Waals surface area contributed by atoms with Gasteiger partial charge in [-0.15, -0.1) is 5.10 Å². The van der Waals surface area contributed by atoms with Crippen molar-refractivity contribution in [3.8, 4) is 0 Å². The average Bonchev–Trinajstić information content (AvgIpc) is 2.51. The van der Waals surface area contributed by atoms with Gasteiger partial charge in [-0.3, -0.25) is 0 Å². The summed E-state index contributed by atoms with van der Waals surface area (Å²) >= 11 is 0. The number of nitrogen functional groups attached to an aromatic ring is 1. The van der Waals surface area contributed by atoms with Crippen molar-refractivity contribution in [2.24, 2.45) is 0 Å². The molecule has 0 unspecified atom stereocenters. The third kappa shape index (κ3) is 1.20. The van der Waals surface area contributed by atoms with Crippen LogP contribution in [0.5, 0.6) is 0 Å². The molecule has 0 fully saturated rings. The molecule has 0 radical (unpaired) electrons. The van der Waals surface area contributed by atoms with Gasteiger partial charge in [0.2, 0.25) is 0 Å². The van der Waals surface area contributed by atoms with Crippen LogP contribution in [-0.4, -0.2) is 25.0 Å². The molecule has 0 saturated heterocycles. The van der Waals surface area contributed by atoms with Crippen molar-refractivity contribution in [3.63, 3.8) is 0 Å². The SMILES string of the molecule is CCCn1nnc2c(N)ncnc21. The van der Waals surface area contributed by atoms with Crippen LogP contribution in [0.3, 0.4) is 0 Å². The van der Waals surface area contributed by atoms with E-state index in [0.717, 1.165) is 13.0 Å². The summed E-state index contributed by atoms with van der Waals surface area (Å²) in [5, 5.41) is 7.83. The molecule has 2 aromatic heterocycles. The molecule has 68 valence electrons. The molecule has 2 aromatic rings. The quantitative estimate of drug-likeness (QED) is 0.710. The van der Waals surface area contributed by atoms with E-state index in [1.807, 2.05) is 0 Å². The summed E-state index contributed by atoms with van der Waals surface area (Å²) in [6.45, 7) is 2.87. The van der Waals surface area contributed by atoms with Crippen molar-refractivity contribution >= 4 is 17.0 Å². The van der Waals surface area contributed by atoms with Gasteiger partial charge in [0, 0.05) is 6.54 Å². The molecule has 0 bridgehead atoms. The van der Waals surface area contributed by atoms with Crippen LogP contribution in [0.4, 0.5) is 5.82 Å². The Labute approximate surface area is 74.8 Å². The summed E-state index contributed by atoms with van der Waals surface area (Å²) in [4.78, 5) is 7.90. The number of anilines is 1. The van der Waals surface area contributed by atoms with Gasteiger partial charge < -0.3 is 5.73 Å². The number of aryl methyl sites for hydroxylation is 1. The molecule has 0 aliphatic carbocycles. The highest BCUT2D eigenvalue weighted by Gasteiger charge is 2.07. The Hall–Kier alpha value is -1.72. The lowest BCUT2D eigenvalue weighted by atomic mass is 10.4. The fraction of sp³-hybridized carbons (Fsp3) is 0.429. The molecule has 6 nitrogen and oxygen atoms in total. The molecule has 2 rings (SSSR count). The zero-order valence-corrected chi connectivity index (χ0v) is 7.30. The van der Waals surface area contributed by atoms with Crippen LogP contribution in [-0.2, 0) is 6.54 Å². The summed E-state index contributed by atoms with van der Waals surface area (Å²) < 4.78 is 1.73. The first-order valence-corrected chi connectivity index (χ1v) is 4.12. The average molecular weight is 178 g/mol. The number of hydrogen-bond acceptors (Lipinski definition) is 5. The van der Waals surface area contributed by atoms with E-state index < -0.39 is 0 Å². The summed E-state index contributed by atoms with van der Waals surface area (Å²) in [5.74, 6) is 0.382. The number of aromatic nitrogens is 5. The highest BCUT2D eigenvalue weighted by molar-refractivity contribution is 5.80. The van der Waals surface area contributed by atoms with E-state index >= 15 is 0 Å². The lowest BCUT2D eigenvalue weighted by Crippen LogP contribution is -2.00. The van der Waals surface area contributed by atoms with Gasteiger partial charge in [-0.1, -0.05) is 12.1 Å². The van der Waals surface area contributed by atoms with Crippen LogP contribution in [0.1, 0.15) is 13.3 Å². The molecule has 2 N–H and O–H groups in total. The van der Waals surface area contributed by atoms with Gasteiger partial charge in [-0.25, -0.2) is 14.6 Å². The Morgan fingerprint density at radius 1 is 1.46 bits per heavy atom. The van der Waals surface area contributed by atoms with E-state index in [2.05, 4.69) is 27.2 Å². The molecule has 0 aliphatic rings. The second-order valence-electron chi connectivity index (χ2n) is 2.74. The Bertz CT molecular complexity index is 420. The number of nitrogens with zero attached hydrogens (tertiary/aromatic N) is 5. The number of rotatable bonds is 2. The first-order chi connectivity index (χ1) is 6.33. The number of hydrogen-bond donors (Lipinski definition) is 1.